The third-order valence-corrected chi connectivity index (χ3v) is 6.09. The van der Waals surface area contributed by atoms with Crippen molar-refractivity contribution in [2.75, 3.05) is 20.1 Å². The smallest absolute Gasteiger partial charge is 0.285 e. The summed E-state index contributed by atoms with van der Waals surface area (Å²) in [5, 5.41) is 0. The molecule has 0 spiro atoms. The Labute approximate surface area is 143 Å². The van der Waals surface area contributed by atoms with Crippen molar-refractivity contribution in [3.8, 4) is 0 Å². The third kappa shape index (κ3) is 3.05. The Kier molecular flexibility index (Phi) is 4.62. The molecule has 7 heteroatoms. The van der Waals surface area contributed by atoms with Crippen LogP contribution in [0.5, 0.6) is 0 Å². The first-order valence-corrected chi connectivity index (χ1v) is 9.83. The van der Waals surface area contributed by atoms with Gasteiger partial charge in [0.2, 0.25) is 5.91 Å². The summed E-state index contributed by atoms with van der Waals surface area (Å²) in [6.07, 6.45) is 4.19. The van der Waals surface area contributed by atoms with Gasteiger partial charge in [-0.3, -0.25) is 4.79 Å². The van der Waals surface area contributed by atoms with Crippen molar-refractivity contribution in [1.82, 2.24) is 9.80 Å². The Balaban J connectivity index is 1.78. The van der Waals surface area contributed by atoms with Gasteiger partial charge in [0.1, 0.15) is 4.90 Å². The summed E-state index contributed by atoms with van der Waals surface area (Å²) in [7, 11) is -1.93. The highest BCUT2D eigenvalue weighted by Gasteiger charge is 2.32. The van der Waals surface area contributed by atoms with Crippen LogP contribution in [-0.2, 0) is 14.8 Å². The van der Waals surface area contributed by atoms with Crippen molar-refractivity contribution in [3.05, 3.63) is 29.8 Å². The van der Waals surface area contributed by atoms with E-state index in [1.165, 1.54) is 0 Å². The second-order valence-electron chi connectivity index (χ2n) is 6.39. The number of hydrogen-bond donors (Lipinski definition) is 0. The molecule has 6 nitrogen and oxygen atoms in total. The maximum atomic E-state index is 12.7. The van der Waals surface area contributed by atoms with Gasteiger partial charge in [0, 0.05) is 25.2 Å². The number of amides is 1. The number of carbonyl (C=O) groups excluding carboxylic acids is 1. The number of piperidine rings is 1. The van der Waals surface area contributed by atoms with Crippen molar-refractivity contribution in [3.63, 3.8) is 0 Å². The fraction of sp³-hybridized carbons (Fsp3) is 0.529. The van der Waals surface area contributed by atoms with Crippen LogP contribution in [0, 0.1) is 0 Å². The van der Waals surface area contributed by atoms with Crippen LogP contribution < -0.4 is 0 Å². The van der Waals surface area contributed by atoms with E-state index in [0.717, 1.165) is 32.2 Å². The lowest BCUT2D eigenvalue weighted by Gasteiger charge is -2.36. The summed E-state index contributed by atoms with van der Waals surface area (Å²) in [6.45, 7) is 3.02. The van der Waals surface area contributed by atoms with Crippen LogP contribution in [0.15, 0.2) is 33.6 Å². The van der Waals surface area contributed by atoms with Crippen LogP contribution in [0.1, 0.15) is 38.2 Å². The molecule has 0 aromatic heterocycles. The van der Waals surface area contributed by atoms with Crippen molar-refractivity contribution in [2.45, 2.75) is 43.5 Å². The standard InChI is InChI=1S/C17H23N3O3S/c1-3-13-8-6-7-11-20(13)16(21)12-19(2)17-14-9-4-5-10-15(14)24(22,23)18-17/h4-5,9-10,13H,3,6-8,11-12H2,1-2H3. The van der Waals surface area contributed by atoms with Crippen LogP contribution in [0.4, 0.5) is 0 Å². The molecule has 130 valence electrons. The molecule has 24 heavy (non-hydrogen) atoms. The van der Waals surface area contributed by atoms with Crippen LogP contribution in [-0.4, -0.2) is 56.1 Å². The van der Waals surface area contributed by atoms with Crippen LogP contribution in [0.3, 0.4) is 0 Å². The second-order valence-corrected chi connectivity index (χ2v) is 7.96. The van der Waals surface area contributed by atoms with E-state index in [-0.39, 0.29) is 17.3 Å². The average molecular weight is 349 g/mol. The van der Waals surface area contributed by atoms with Gasteiger partial charge in [-0.15, -0.1) is 4.40 Å². The highest BCUT2D eigenvalue weighted by Crippen LogP contribution is 2.27. The minimum atomic E-state index is -3.65. The molecule has 0 N–H and O–H groups in total. The van der Waals surface area contributed by atoms with Crippen molar-refractivity contribution in [2.24, 2.45) is 4.40 Å². The molecular weight excluding hydrogens is 326 g/mol. The molecule has 2 heterocycles. The number of benzene rings is 1. The lowest BCUT2D eigenvalue weighted by atomic mass is 10.00. The summed E-state index contributed by atoms with van der Waals surface area (Å²) < 4.78 is 28.2. The van der Waals surface area contributed by atoms with E-state index < -0.39 is 10.0 Å². The van der Waals surface area contributed by atoms with Crippen molar-refractivity contribution in [1.29, 1.82) is 0 Å². The number of likely N-dealkylation sites (N-methyl/N-ethyl adjacent to an activating group) is 1. The first-order chi connectivity index (χ1) is 11.4. The number of rotatable bonds is 3. The SMILES string of the molecule is CCC1CCCCN1C(=O)CN(C)C1=NS(=O)(=O)c2ccccc21. The Morgan fingerprint density at radius 2 is 2.08 bits per heavy atom. The molecule has 1 amide bonds. The number of likely N-dealkylation sites (tertiary alicyclic amines) is 1. The van der Waals surface area contributed by atoms with E-state index in [4.69, 9.17) is 0 Å². The minimum Gasteiger partial charge on any atom is -0.349 e. The quantitative estimate of drug-likeness (QED) is 0.835. The predicted octanol–water partition coefficient (Wildman–Crippen LogP) is 1.86. The molecule has 1 fully saturated rings. The summed E-state index contributed by atoms with van der Waals surface area (Å²) in [4.78, 5) is 16.5. The Bertz CT molecular complexity index is 773. The molecule has 2 aliphatic rings. The number of fused-ring (bicyclic) bond motifs is 1. The van der Waals surface area contributed by atoms with Gasteiger partial charge < -0.3 is 9.80 Å². The van der Waals surface area contributed by atoms with Gasteiger partial charge in [-0.05, 0) is 37.8 Å². The molecule has 1 aromatic rings. The van der Waals surface area contributed by atoms with E-state index in [1.807, 2.05) is 4.90 Å². The van der Waals surface area contributed by atoms with E-state index in [0.29, 0.717) is 17.4 Å². The number of amidine groups is 1. The van der Waals surface area contributed by atoms with Crippen LogP contribution in [0.2, 0.25) is 0 Å². The van der Waals surface area contributed by atoms with Gasteiger partial charge in [0.25, 0.3) is 10.0 Å². The van der Waals surface area contributed by atoms with E-state index >= 15 is 0 Å². The average Bonchev–Trinajstić information content (AvgIpc) is 2.86. The highest BCUT2D eigenvalue weighted by atomic mass is 32.2. The lowest BCUT2D eigenvalue weighted by Crippen LogP contribution is -2.48. The molecule has 0 saturated carbocycles. The molecule has 1 saturated heterocycles. The normalized spacial score (nSPS) is 22.0. The number of hydrogen-bond acceptors (Lipinski definition) is 4. The van der Waals surface area contributed by atoms with Gasteiger partial charge in [-0.1, -0.05) is 19.1 Å². The molecule has 2 aliphatic heterocycles. The third-order valence-electron chi connectivity index (χ3n) is 4.77. The van der Waals surface area contributed by atoms with Gasteiger partial charge in [-0.2, -0.15) is 8.42 Å². The van der Waals surface area contributed by atoms with Gasteiger partial charge in [0.05, 0.1) is 6.54 Å². The molecule has 1 atom stereocenters. The van der Waals surface area contributed by atoms with Gasteiger partial charge >= 0.3 is 0 Å². The summed E-state index contributed by atoms with van der Waals surface area (Å²) in [6, 6.07) is 7.04. The molecule has 1 unspecified atom stereocenters. The lowest BCUT2D eigenvalue weighted by molar-refractivity contribution is -0.135. The van der Waals surface area contributed by atoms with E-state index in [2.05, 4.69) is 11.3 Å². The van der Waals surface area contributed by atoms with Crippen molar-refractivity contribution >= 4 is 21.8 Å². The first-order valence-electron chi connectivity index (χ1n) is 8.39. The molecular formula is C17H23N3O3S. The zero-order valence-corrected chi connectivity index (χ0v) is 14.9. The Hall–Kier alpha value is -1.89. The number of nitrogens with zero attached hydrogens (tertiary/aromatic N) is 3. The molecule has 0 bridgehead atoms. The van der Waals surface area contributed by atoms with Crippen molar-refractivity contribution < 1.29 is 13.2 Å². The zero-order valence-electron chi connectivity index (χ0n) is 14.1. The Morgan fingerprint density at radius 1 is 1.33 bits per heavy atom. The second kappa shape index (κ2) is 6.55. The number of sulfonamides is 1. The first kappa shape index (κ1) is 17.0. The minimum absolute atomic E-state index is 0.0357. The molecule has 0 radical (unpaired) electrons. The van der Waals surface area contributed by atoms with E-state index in [1.54, 1.807) is 36.2 Å². The fourth-order valence-electron chi connectivity index (χ4n) is 3.49. The molecule has 3 rings (SSSR count). The predicted molar refractivity (Wildman–Crippen MR) is 92.4 cm³/mol. The summed E-state index contributed by atoms with van der Waals surface area (Å²) in [5.74, 6) is 0.387. The van der Waals surface area contributed by atoms with Gasteiger partial charge in [0.15, 0.2) is 5.84 Å². The zero-order chi connectivity index (χ0) is 17.3. The van der Waals surface area contributed by atoms with E-state index in [9.17, 15) is 13.2 Å². The fourth-order valence-corrected chi connectivity index (χ4v) is 4.74. The topological polar surface area (TPSA) is 70.1 Å². The van der Waals surface area contributed by atoms with Crippen LogP contribution in [0.25, 0.3) is 0 Å². The monoisotopic (exact) mass is 349 g/mol. The molecule has 0 aliphatic carbocycles. The maximum Gasteiger partial charge on any atom is 0.285 e. The molecule has 1 aromatic carbocycles. The largest absolute Gasteiger partial charge is 0.349 e. The summed E-state index contributed by atoms with van der Waals surface area (Å²) >= 11 is 0. The van der Waals surface area contributed by atoms with Gasteiger partial charge in [-0.25, -0.2) is 0 Å². The summed E-state index contributed by atoms with van der Waals surface area (Å²) in [5.41, 5.74) is 0.568. The number of carbonyl (C=O) groups is 1. The maximum absolute atomic E-state index is 12.7. The highest BCUT2D eigenvalue weighted by molar-refractivity contribution is 7.90. The Morgan fingerprint density at radius 3 is 2.83 bits per heavy atom. The van der Waals surface area contributed by atoms with Crippen LogP contribution >= 0.6 is 0 Å².